The Labute approximate surface area is 180 Å². The zero-order chi connectivity index (χ0) is 21.5. The van der Waals surface area contributed by atoms with Gasteiger partial charge in [0, 0.05) is 72.4 Å². The van der Waals surface area contributed by atoms with E-state index in [9.17, 15) is 9.59 Å². The molecule has 0 radical (unpaired) electrons. The van der Waals surface area contributed by atoms with Crippen LogP contribution in [0.2, 0.25) is 0 Å². The number of aliphatic imine (C=N–C) groups is 1. The van der Waals surface area contributed by atoms with Crippen LogP contribution in [0, 0.1) is 5.92 Å². The topological polar surface area (TPSA) is 80.7 Å². The summed E-state index contributed by atoms with van der Waals surface area (Å²) in [5.41, 5.74) is 0. The van der Waals surface area contributed by atoms with E-state index in [4.69, 9.17) is 4.74 Å². The van der Waals surface area contributed by atoms with Gasteiger partial charge in [0.05, 0.1) is 12.6 Å². The first-order valence-corrected chi connectivity index (χ1v) is 11.3. The molecule has 3 saturated heterocycles. The van der Waals surface area contributed by atoms with Crippen molar-refractivity contribution in [3.63, 3.8) is 0 Å². The molecule has 9 heteroatoms. The second-order valence-corrected chi connectivity index (χ2v) is 8.77. The molecule has 3 fully saturated rings. The predicted molar refractivity (Wildman–Crippen MR) is 116 cm³/mol. The van der Waals surface area contributed by atoms with E-state index >= 15 is 0 Å². The quantitative estimate of drug-likeness (QED) is 0.467. The van der Waals surface area contributed by atoms with Crippen LogP contribution in [0.25, 0.3) is 0 Å². The lowest BCUT2D eigenvalue weighted by atomic mass is 10.1. The summed E-state index contributed by atoms with van der Waals surface area (Å²) in [6.45, 7) is 9.58. The molecule has 3 rings (SSSR count). The third kappa shape index (κ3) is 6.07. The molecule has 0 aromatic carbocycles. The molecule has 0 spiro atoms. The van der Waals surface area contributed by atoms with Crippen LogP contribution < -0.4 is 5.32 Å². The fourth-order valence-electron chi connectivity index (χ4n) is 4.21. The summed E-state index contributed by atoms with van der Waals surface area (Å²) in [7, 11) is 3.50. The van der Waals surface area contributed by atoms with Crippen molar-refractivity contribution in [3.8, 4) is 0 Å². The first kappa shape index (κ1) is 22.8. The van der Waals surface area contributed by atoms with E-state index in [0.717, 1.165) is 84.2 Å². The summed E-state index contributed by atoms with van der Waals surface area (Å²) in [6.07, 6.45) is 3.30. The minimum atomic E-state index is -0.0791. The van der Waals surface area contributed by atoms with Crippen molar-refractivity contribution in [1.82, 2.24) is 24.9 Å². The Morgan fingerprint density at radius 3 is 2.40 bits per heavy atom. The molecular formula is C21H38N6O3. The van der Waals surface area contributed by atoms with Crippen LogP contribution in [0.5, 0.6) is 0 Å². The number of piperazine rings is 1. The standard InChI is InChI=1S/C21H38N6O3/c1-17(20(29)26-7-4-5-8-26)25-9-11-27(12-10-25)21(23-15-19(28)24(2)3)22-14-18-6-13-30-16-18/h17-18H,4-16H2,1-3H3,(H,22,23). The normalized spacial score (nSPS) is 24.2. The summed E-state index contributed by atoms with van der Waals surface area (Å²) in [5.74, 6) is 1.52. The monoisotopic (exact) mass is 422 g/mol. The first-order chi connectivity index (χ1) is 14.5. The number of rotatable bonds is 6. The lowest BCUT2D eigenvalue weighted by Crippen LogP contribution is -2.57. The van der Waals surface area contributed by atoms with Crippen LogP contribution >= 0.6 is 0 Å². The van der Waals surface area contributed by atoms with E-state index in [1.165, 1.54) is 0 Å². The van der Waals surface area contributed by atoms with Gasteiger partial charge in [-0.3, -0.25) is 14.5 Å². The van der Waals surface area contributed by atoms with Gasteiger partial charge in [0.25, 0.3) is 0 Å². The van der Waals surface area contributed by atoms with E-state index in [1.54, 1.807) is 19.0 Å². The molecular weight excluding hydrogens is 384 g/mol. The van der Waals surface area contributed by atoms with Crippen LogP contribution in [0.3, 0.4) is 0 Å². The van der Waals surface area contributed by atoms with Gasteiger partial charge in [-0.25, -0.2) is 4.99 Å². The third-order valence-electron chi connectivity index (χ3n) is 6.37. The Hall–Kier alpha value is -1.87. The summed E-state index contributed by atoms with van der Waals surface area (Å²) < 4.78 is 5.47. The summed E-state index contributed by atoms with van der Waals surface area (Å²) in [5, 5.41) is 3.47. The number of carbonyl (C=O) groups is 2. The highest BCUT2D eigenvalue weighted by Gasteiger charge is 2.30. The molecule has 0 saturated carbocycles. The Morgan fingerprint density at radius 1 is 1.10 bits per heavy atom. The van der Waals surface area contributed by atoms with Crippen molar-refractivity contribution in [2.24, 2.45) is 10.9 Å². The molecule has 3 heterocycles. The highest BCUT2D eigenvalue weighted by molar-refractivity contribution is 5.85. The maximum atomic E-state index is 12.7. The SMILES string of the molecule is CC(C(=O)N1CCCC1)N1CCN(C(=NCC(=O)N(C)C)NCC2CCOC2)CC1. The van der Waals surface area contributed by atoms with Crippen LogP contribution in [0.1, 0.15) is 26.2 Å². The molecule has 2 atom stereocenters. The van der Waals surface area contributed by atoms with Crippen molar-refractivity contribution < 1.29 is 14.3 Å². The summed E-state index contributed by atoms with van der Waals surface area (Å²) in [4.78, 5) is 37.4. The van der Waals surface area contributed by atoms with Crippen molar-refractivity contribution in [2.45, 2.75) is 32.2 Å². The van der Waals surface area contributed by atoms with Crippen molar-refractivity contribution >= 4 is 17.8 Å². The second kappa shape index (κ2) is 10.9. The minimum Gasteiger partial charge on any atom is -0.381 e. The summed E-state index contributed by atoms with van der Waals surface area (Å²) >= 11 is 0. The smallest absolute Gasteiger partial charge is 0.243 e. The van der Waals surface area contributed by atoms with Crippen molar-refractivity contribution in [3.05, 3.63) is 0 Å². The average Bonchev–Trinajstić information content (AvgIpc) is 3.47. The Bertz CT molecular complexity index is 606. The molecule has 3 aliphatic rings. The van der Waals surface area contributed by atoms with E-state index < -0.39 is 0 Å². The van der Waals surface area contributed by atoms with Gasteiger partial charge in [0.1, 0.15) is 6.54 Å². The molecule has 1 N–H and O–H groups in total. The maximum Gasteiger partial charge on any atom is 0.243 e. The van der Waals surface area contributed by atoms with Gasteiger partial charge in [0.15, 0.2) is 5.96 Å². The number of amides is 2. The minimum absolute atomic E-state index is 0.0121. The molecule has 2 amide bonds. The molecule has 30 heavy (non-hydrogen) atoms. The van der Waals surface area contributed by atoms with Gasteiger partial charge >= 0.3 is 0 Å². The number of likely N-dealkylation sites (N-methyl/N-ethyl adjacent to an activating group) is 1. The number of hydrogen-bond donors (Lipinski definition) is 1. The average molecular weight is 423 g/mol. The maximum absolute atomic E-state index is 12.7. The predicted octanol–water partition coefficient (Wildman–Crippen LogP) is -0.315. The third-order valence-corrected chi connectivity index (χ3v) is 6.37. The summed E-state index contributed by atoms with van der Waals surface area (Å²) in [6, 6.07) is -0.0791. The molecule has 0 aliphatic carbocycles. The number of carbonyl (C=O) groups excluding carboxylic acids is 2. The first-order valence-electron chi connectivity index (χ1n) is 11.3. The van der Waals surface area contributed by atoms with Gasteiger partial charge in [-0.15, -0.1) is 0 Å². The molecule has 0 aromatic heterocycles. The molecule has 0 bridgehead atoms. The van der Waals surface area contributed by atoms with Crippen LogP contribution in [-0.2, 0) is 14.3 Å². The number of guanidine groups is 1. The van der Waals surface area contributed by atoms with Crippen molar-refractivity contribution in [2.75, 3.05) is 79.7 Å². The van der Waals surface area contributed by atoms with E-state index in [2.05, 4.69) is 20.1 Å². The Balaban J connectivity index is 1.55. The van der Waals surface area contributed by atoms with E-state index in [0.29, 0.717) is 5.92 Å². The number of likely N-dealkylation sites (tertiary alicyclic amines) is 1. The number of nitrogens with zero attached hydrogens (tertiary/aromatic N) is 5. The molecule has 3 aliphatic heterocycles. The Kier molecular flexibility index (Phi) is 8.32. The lowest BCUT2D eigenvalue weighted by Gasteiger charge is -2.39. The fraction of sp³-hybridized carbons (Fsp3) is 0.857. The van der Waals surface area contributed by atoms with Gasteiger partial charge in [-0.05, 0) is 26.2 Å². The van der Waals surface area contributed by atoms with Crippen LogP contribution in [-0.4, -0.2) is 123 Å². The zero-order valence-corrected chi connectivity index (χ0v) is 18.8. The van der Waals surface area contributed by atoms with Gasteiger partial charge in [-0.1, -0.05) is 0 Å². The van der Waals surface area contributed by atoms with E-state index in [1.807, 2.05) is 11.8 Å². The zero-order valence-electron chi connectivity index (χ0n) is 18.8. The van der Waals surface area contributed by atoms with Crippen molar-refractivity contribution in [1.29, 1.82) is 0 Å². The molecule has 0 aromatic rings. The van der Waals surface area contributed by atoms with E-state index in [-0.39, 0.29) is 24.4 Å². The Morgan fingerprint density at radius 2 is 1.80 bits per heavy atom. The van der Waals surface area contributed by atoms with Gasteiger partial charge < -0.3 is 24.8 Å². The fourth-order valence-corrected chi connectivity index (χ4v) is 4.21. The molecule has 2 unspecified atom stereocenters. The molecule has 9 nitrogen and oxygen atoms in total. The van der Waals surface area contributed by atoms with Crippen LogP contribution in [0.4, 0.5) is 0 Å². The highest BCUT2D eigenvalue weighted by Crippen LogP contribution is 2.15. The number of nitrogens with one attached hydrogen (secondary N) is 1. The van der Waals surface area contributed by atoms with Crippen LogP contribution in [0.15, 0.2) is 4.99 Å². The second-order valence-electron chi connectivity index (χ2n) is 8.77. The van der Waals surface area contributed by atoms with Gasteiger partial charge in [-0.2, -0.15) is 0 Å². The largest absolute Gasteiger partial charge is 0.381 e. The van der Waals surface area contributed by atoms with Gasteiger partial charge in [0.2, 0.25) is 11.8 Å². The number of ether oxygens (including phenoxy) is 1. The number of hydrogen-bond acceptors (Lipinski definition) is 5. The highest BCUT2D eigenvalue weighted by atomic mass is 16.5. The molecule has 170 valence electrons. The lowest BCUT2D eigenvalue weighted by molar-refractivity contribution is -0.135.